The van der Waals surface area contributed by atoms with Crippen molar-refractivity contribution in [2.45, 2.75) is 25.3 Å². The van der Waals surface area contributed by atoms with E-state index in [1.54, 1.807) is 18.5 Å². The molecule has 2 amide bonds. The van der Waals surface area contributed by atoms with E-state index in [0.29, 0.717) is 45.2 Å². The molecule has 8 nitrogen and oxygen atoms in total. The Morgan fingerprint density at radius 3 is 2.46 bits per heavy atom. The van der Waals surface area contributed by atoms with Crippen LogP contribution in [0.1, 0.15) is 19.3 Å². The molecule has 0 spiro atoms. The molecule has 3 saturated heterocycles. The molecule has 0 aliphatic carbocycles. The van der Waals surface area contributed by atoms with Gasteiger partial charge in [-0.1, -0.05) is 0 Å². The third kappa shape index (κ3) is 3.51. The van der Waals surface area contributed by atoms with E-state index in [2.05, 4.69) is 14.9 Å². The summed E-state index contributed by atoms with van der Waals surface area (Å²) in [7, 11) is 0. The van der Waals surface area contributed by atoms with Gasteiger partial charge in [-0.15, -0.1) is 0 Å². The van der Waals surface area contributed by atoms with Crippen molar-refractivity contribution in [1.82, 2.24) is 19.8 Å². The number of aromatic nitrogens is 2. The van der Waals surface area contributed by atoms with E-state index in [9.17, 15) is 9.59 Å². The molecular formula is C18H25N5O3. The van der Waals surface area contributed by atoms with Gasteiger partial charge in [0.15, 0.2) is 0 Å². The number of ether oxygens (including phenoxy) is 1. The second-order valence-corrected chi connectivity index (χ2v) is 7.15. The fourth-order valence-electron chi connectivity index (χ4n) is 4.09. The van der Waals surface area contributed by atoms with Crippen molar-refractivity contribution in [3.05, 3.63) is 18.5 Å². The number of hydrogen-bond donors (Lipinski definition) is 0. The molecule has 0 unspecified atom stereocenters. The number of carbonyl (C=O) groups excluding carboxylic acids is 2. The molecule has 3 aliphatic rings. The first kappa shape index (κ1) is 17.2. The van der Waals surface area contributed by atoms with Gasteiger partial charge < -0.3 is 19.4 Å². The van der Waals surface area contributed by atoms with Crippen LogP contribution in [0.3, 0.4) is 0 Å². The maximum absolute atomic E-state index is 12.9. The number of rotatable bonds is 3. The predicted octanol–water partition coefficient (Wildman–Crippen LogP) is 0.153. The number of carbonyl (C=O) groups is 2. The molecule has 4 heterocycles. The first-order valence-corrected chi connectivity index (χ1v) is 9.40. The highest BCUT2D eigenvalue weighted by atomic mass is 16.5. The van der Waals surface area contributed by atoms with Crippen LogP contribution >= 0.6 is 0 Å². The van der Waals surface area contributed by atoms with Gasteiger partial charge >= 0.3 is 0 Å². The Labute approximate surface area is 153 Å². The van der Waals surface area contributed by atoms with Crippen molar-refractivity contribution in [3.8, 4) is 0 Å². The average Bonchev–Trinajstić information content (AvgIpc) is 3.10. The Morgan fingerprint density at radius 1 is 1.08 bits per heavy atom. The topological polar surface area (TPSA) is 78.9 Å². The van der Waals surface area contributed by atoms with Gasteiger partial charge in [0.2, 0.25) is 17.8 Å². The average molecular weight is 359 g/mol. The van der Waals surface area contributed by atoms with Gasteiger partial charge in [-0.05, 0) is 18.9 Å². The second-order valence-electron chi connectivity index (χ2n) is 7.15. The molecule has 1 atom stereocenters. The lowest BCUT2D eigenvalue weighted by molar-refractivity contribution is -0.136. The SMILES string of the molecule is O=C([C@H]1CC(=O)N(C2CCOCC2)C1)N1CCN(c2ncccn2)CC1. The van der Waals surface area contributed by atoms with Gasteiger partial charge in [-0.25, -0.2) is 9.97 Å². The first-order chi connectivity index (χ1) is 12.7. The lowest BCUT2D eigenvalue weighted by Crippen LogP contribution is -2.51. The fraction of sp³-hybridized carbons (Fsp3) is 0.667. The minimum Gasteiger partial charge on any atom is -0.381 e. The zero-order chi connectivity index (χ0) is 17.9. The number of nitrogens with zero attached hydrogens (tertiary/aromatic N) is 5. The van der Waals surface area contributed by atoms with Crippen molar-refractivity contribution in [1.29, 1.82) is 0 Å². The lowest BCUT2D eigenvalue weighted by atomic mass is 10.1. The predicted molar refractivity (Wildman–Crippen MR) is 94.5 cm³/mol. The van der Waals surface area contributed by atoms with Gasteiger partial charge in [-0.3, -0.25) is 9.59 Å². The Kier molecular flexibility index (Phi) is 5.01. The van der Waals surface area contributed by atoms with Crippen molar-refractivity contribution in [2.75, 3.05) is 50.8 Å². The summed E-state index contributed by atoms with van der Waals surface area (Å²) < 4.78 is 5.38. The Bertz CT molecular complexity index is 641. The van der Waals surface area contributed by atoms with Crippen LogP contribution in [-0.4, -0.2) is 83.6 Å². The van der Waals surface area contributed by atoms with E-state index in [0.717, 1.165) is 25.9 Å². The molecule has 1 aromatic rings. The van der Waals surface area contributed by atoms with Crippen LogP contribution in [0.2, 0.25) is 0 Å². The van der Waals surface area contributed by atoms with Gasteiger partial charge in [0.05, 0.1) is 5.92 Å². The van der Waals surface area contributed by atoms with Gasteiger partial charge in [-0.2, -0.15) is 0 Å². The highest BCUT2D eigenvalue weighted by molar-refractivity contribution is 5.89. The van der Waals surface area contributed by atoms with E-state index >= 15 is 0 Å². The number of piperazine rings is 1. The van der Waals surface area contributed by atoms with Crippen LogP contribution in [0.25, 0.3) is 0 Å². The van der Waals surface area contributed by atoms with E-state index < -0.39 is 0 Å². The van der Waals surface area contributed by atoms with Crippen LogP contribution in [0, 0.1) is 5.92 Å². The zero-order valence-corrected chi connectivity index (χ0v) is 14.9. The zero-order valence-electron chi connectivity index (χ0n) is 14.9. The summed E-state index contributed by atoms with van der Waals surface area (Å²) in [6, 6.07) is 2.03. The van der Waals surface area contributed by atoms with Crippen molar-refractivity contribution >= 4 is 17.8 Å². The summed E-state index contributed by atoms with van der Waals surface area (Å²) >= 11 is 0. The quantitative estimate of drug-likeness (QED) is 0.765. The number of likely N-dealkylation sites (tertiary alicyclic amines) is 1. The summed E-state index contributed by atoms with van der Waals surface area (Å²) in [4.78, 5) is 39.7. The standard InChI is InChI=1S/C18H25N5O3/c24-16-12-14(13-23(16)15-2-10-26-11-3-15)17(25)21-6-8-22(9-7-21)18-19-4-1-5-20-18/h1,4-5,14-15H,2-3,6-13H2/t14-/m0/s1. The molecule has 0 radical (unpaired) electrons. The Balaban J connectivity index is 1.32. The van der Waals surface area contributed by atoms with Crippen molar-refractivity contribution < 1.29 is 14.3 Å². The smallest absolute Gasteiger partial charge is 0.228 e. The molecule has 8 heteroatoms. The molecular weight excluding hydrogens is 334 g/mol. The van der Waals surface area contributed by atoms with Crippen molar-refractivity contribution in [3.63, 3.8) is 0 Å². The number of anilines is 1. The van der Waals surface area contributed by atoms with Crippen LogP contribution in [0.4, 0.5) is 5.95 Å². The van der Waals surface area contributed by atoms with E-state index in [4.69, 9.17) is 4.74 Å². The third-order valence-corrected chi connectivity index (χ3v) is 5.57. The summed E-state index contributed by atoms with van der Waals surface area (Å²) in [5.41, 5.74) is 0. The molecule has 4 rings (SSSR count). The number of amides is 2. The molecule has 3 aliphatic heterocycles. The first-order valence-electron chi connectivity index (χ1n) is 9.40. The van der Waals surface area contributed by atoms with Crippen LogP contribution in [0.15, 0.2) is 18.5 Å². The molecule has 0 saturated carbocycles. The van der Waals surface area contributed by atoms with E-state index in [-0.39, 0.29) is 23.8 Å². The molecule has 0 aromatic carbocycles. The molecule has 0 bridgehead atoms. The van der Waals surface area contributed by atoms with Crippen LogP contribution < -0.4 is 4.90 Å². The second kappa shape index (κ2) is 7.57. The monoisotopic (exact) mass is 359 g/mol. The van der Waals surface area contributed by atoms with Crippen molar-refractivity contribution in [2.24, 2.45) is 5.92 Å². The Hall–Kier alpha value is -2.22. The third-order valence-electron chi connectivity index (χ3n) is 5.57. The minimum atomic E-state index is -0.204. The molecule has 140 valence electrons. The van der Waals surface area contributed by atoms with Crippen LogP contribution in [-0.2, 0) is 14.3 Å². The molecule has 26 heavy (non-hydrogen) atoms. The van der Waals surface area contributed by atoms with Gasteiger partial charge in [0.25, 0.3) is 0 Å². The Morgan fingerprint density at radius 2 is 1.77 bits per heavy atom. The maximum atomic E-state index is 12.9. The molecule has 1 aromatic heterocycles. The minimum absolute atomic E-state index is 0.113. The van der Waals surface area contributed by atoms with Gasteiger partial charge in [0.1, 0.15) is 0 Å². The fourth-order valence-corrected chi connectivity index (χ4v) is 4.09. The van der Waals surface area contributed by atoms with Gasteiger partial charge in [0, 0.05) is 70.8 Å². The summed E-state index contributed by atoms with van der Waals surface area (Å²) in [5, 5.41) is 0. The maximum Gasteiger partial charge on any atom is 0.228 e. The molecule has 3 fully saturated rings. The highest BCUT2D eigenvalue weighted by Crippen LogP contribution is 2.26. The summed E-state index contributed by atoms with van der Waals surface area (Å²) in [5.74, 6) is 0.735. The van der Waals surface area contributed by atoms with Crippen LogP contribution in [0.5, 0.6) is 0 Å². The largest absolute Gasteiger partial charge is 0.381 e. The van der Waals surface area contributed by atoms with E-state index in [1.807, 2.05) is 9.80 Å². The van der Waals surface area contributed by atoms with E-state index in [1.165, 1.54) is 0 Å². The summed E-state index contributed by atoms with van der Waals surface area (Å²) in [6.07, 6.45) is 5.56. The lowest BCUT2D eigenvalue weighted by Gasteiger charge is -2.36. The highest BCUT2D eigenvalue weighted by Gasteiger charge is 2.40. The normalized spacial score (nSPS) is 25.0. The summed E-state index contributed by atoms with van der Waals surface area (Å²) in [6.45, 7) is 4.72. The molecule has 0 N–H and O–H groups in total. The number of hydrogen-bond acceptors (Lipinski definition) is 6.